The van der Waals surface area contributed by atoms with E-state index in [1.165, 1.54) is 24.3 Å². The second kappa shape index (κ2) is 6.34. The highest BCUT2D eigenvalue weighted by Gasteiger charge is 2.36. The molecule has 0 bridgehead atoms. The molecule has 1 fully saturated rings. The predicted octanol–water partition coefficient (Wildman–Crippen LogP) is 2.36. The molecule has 4 rings (SSSR count). The van der Waals surface area contributed by atoms with Gasteiger partial charge in [-0.25, -0.2) is 4.39 Å². The summed E-state index contributed by atoms with van der Waals surface area (Å²) in [4.78, 5) is 14.5. The Bertz CT molecular complexity index is 885. The highest BCUT2D eigenvalue weighted by atomic mass is 35.5. The summed E-state index contributed by atoms with van der Waals surface area (Å²) in [5.41, 5.74) is -0.140. The number of carbonyl (C=O) groups is 1. The summed E-state index contributed by atoms with van der Waals surface area (Å²) in [6.45, 7) is 1.89. The number of hydrogen-bond donors (Lipinski definition) is 3. The maximum absolute atomic E-state index is 14.3. The van der Waals surface area contributed by atoms with Crippen molar-refractivity contribution in [3.63, 3.8) is 0 Å². The minimum Gasteiger partial charge on any atom is -0.507 e. The molecule has 0 aromatic heterocycles. The van der Waals surface area contributed by atoms with E-state index in [4.69, 9.17) is 16.3 Å². The monoisotopic (exact) mass is 378 g/mol. The maximum atomic E-state index is 14.3. The number of carbonyl (C=O) groups excluding carboxylic acids is 1. The van der Waals surface area contributed by atoms with Gasteiger partial charge in [0, 0.05) is 25.2 Å². The Morgan fingerprint density at radius 2 is 2.08 bits per heavy atom. The minimum atomic E-state index is -0.701. The lowest BCUT2D eigenvalue weighted by Crippen LogP contribution is -2.54. The fourth-order valence-electron chi connectivity index (χ4n) is 3.42. The lowest BCUT2D eigenvalue weighted by molar-refractivity contribution is 0.0604. The number of aromatic hydroxyl groups is 2. The standard InChI is InChI=1S/C18H16ClFN2O4/c19-16-10(14-11(20)2-1-3-12(14)23)6-13(24)15-17(16)26-8-9-7-21-4-5-22(9)18(15)25/h1-3,6,9,21,23-24H,4-5,7-8H2. The van der Waals surface area contributed by atoms with E-state index in [0.717, 1.165) is 0 Å². The number of phenols is 2. The molecule has 2 heterocycles. The minimum absolute atomic E-state index is 0.00344. The smallest absolute Gasteiger partial charge is 0.261 e. The van der Waals surface area contributed by atoms with E-state index in [0.29, 0.717) is 19.6 Å². The summed E-state index contributed by atoms with van der Waals surface area (Å²) < 4.78 is 20.0. The molecule has 26 heavy (non-hydrogen) atoms. The van der Waals surface area contributed by atoms with Gasteiger partial charge in [0.25, 0.3) is 5.91 Å². The average molecular weight is 379 g/mol. The van der Waals surface area contributed by atoms with Crippen molar-refractivity contribution in [1.82, 2.24) is 10.2 Å². The normalized spacial score (nSPS) is 19.4. The van der Waals surface area contributed by atoms with Crippen molar-refractivity contribution in [2.24, 2.45) is 0 Å². The molecule has 1 amide bonds. The van der Waals surface area contributed by atoms with Gasteiger partial charge < -0.3 is 25.2 Å². The zero-order valence-electron chi connectivity index (χ0n) is 13.6. The van der Waals surface area contributed by atoms with Crippen LogP contribution in [0, 0.1) is 5.82 Å². The first kappa shape index (κ1) is 16.9. The third-order valence-electron chi connectivity index (χ3n) is 4.71. The molecule has 3 N–H and O–H groups in total. The van der Waals surface area contributed by atoms with E-state index in [-0.39, 0.29) is 57.5 Å². The Labute approximate surface area is 153 Å². The topological polar surface area (TPSA) is 82.0 Å². The Morgan fingerprint density at radius 3 is 2.85 bits per heavy atom. The van der Waals surface area contributed by atoms with Crippen LogP contribution in [0.15, 0.2) is 24.3 Å². The van der Waals surface area contributed by atoms with Crippen molar-refractivity contribution in [3.8, 4) is 28.4 Å². The van der Waals surface area contributed by atoms with E-state index in [2.05, 4.69) is 5.32 Å². The van der Waals surface area contributed by atoms with Gasteiger partial charge in [-0.3, -0.25) is 4.79 Å². The average Bonchev–Trinajstić information content (AvgIpc) is 2.77. The summed E-state index contributed by atoms with van der Waals surface area (Å²) in [6.07, 6.45) is 0. The first-order valence-corrected chi connectivity index (χ1v) is 8.54. The van der Waals surface area contributed by atoms with Crippen LogP contribution in [0.4, 0.5) is 4.39 Å². The molecule has 0 saturated carbocycles. The third-order valence-corrected chi connectivity index (χ3v) is 5.08. The van der Waals surface area contributed by atoms with Gasteiger partial charge in [0.15, 0.2) is 5.75 Å². The summed E-state index contributed by atoms with van der Waals surface area (Å²) >= 11 is 6.41. The SMILES string of the molecule is O=C1c2c(O)cc(-c3c(O)cccc3F)c(Cl)c2OCC2CNCCN12. The second-order valence-corrected chi connectivity index (χ2v) is 6.64. The van der Waals surface area contributed by atoms with Crippen molar-refractivity contribution in [1.29, 1.82) is 0 Å². The van der Waals surface area contributed by atoms with Crippen LogP contribution in [0.2, 0.25) is 5.02 Å². The van der Waals surface area contributed by atoms with E-state index in [1.807, 2.05) is 0 Å². The van der Waals surface area contributed by atoms with Crippen molar-refractivity contribution in [2.75, 3.05) is 26.2 Å². The predicted molar refractivity (Wildman–Crippen MR) is 93.4 cm³/mol. The molecule has 6 nitrogen and oxygen atoms in total. The number of nitrogens with zero attached hydrogens (tertiary/aromatic N) is 1. The molecule has 8 heteroatoms. The molecule has 0 spiro atoms. The van der Waals surface area contributed by atoms with Crippen LogP contribution in [-0.4, -0.2) is 53.3 Å². The number of piperazine rings is 1. The van der Waals surface area contributed by atoms with Gasteiger partial charge in [-0.1, -0.05) is 17.7 Å². The van der Waals surface area contributed by atoms with Crippen molar-refractivity contribution in [2.45, 2.75) is 6.04 Å². The van der Waals surface area contributed by atoms with E-state index in [1.54, 1.807) is 4.90 Å². The highest BCUT2D eigenvalue weighted by Crippen LogP contribution is 2.47. The number of benzene rings is 2. The van der Waals surface area contributed by atoms with Crippen LogP contribution in [0.25, 0.3) is 11.1 Å². The number of fused-ring (bicyclic) bond motifs is 2. The van der Waals surface area contributed by atoms with Crippen LogP contribution in [0.3, 0.4) is 0 Å². The summed E-state index contributed by atoms with van der Waals surface area (Å²) in [7, 11) is 0. The molecule has 2 aliphatic rings. The number of phenolic OH excluding ortho intramolecular Hbond substituents is 2. The molecule has 0 radical (unpaired) electrons. The Morgan fingerprint density at radius 1 is 1.27 bits per heavy atom. The number of halogens is 2. The van der Waals surface area contributed by atoms with Crippen LogP contribution >= 0.6 is 11.6 Å². The molecule has 136 valence electrons. The fraction of sp³-hybridized carbons (Fsp3) is 0.278. The van der Waals surface area contributed by atoms with Gasteiger partial charge in [-0.15, -0.1) is 0 Å². The number of amides is 1. The fourth-order valence-corrected chi connectivity index (χ4v) is 3.72. The molecule has 1 saturated heterocycles. The number of ether oxygens (including phenoxy) is 1. The lowest BCUT2D eigenvalue weighted by atomic mass is 9.99. The maximum Gasteiger partial charge on any atom is 0.261 e. The number of hydrogen-bond acceptors (Lipinski definition) is 5. The van der Waals surface area contributed by atoms with E-state index >= 15 is 0 Å². The van der Waals surface area contributed by atoms with Crippen molar-refractivity contribution >= 4 is 17.5 Å². The van der Waals surface area contributed by atoms with Gasteiger partial charge in [-0.05, 0) is 18.2 Å². The second-order valence-electron chi connectivity index (χ2n) is 6.26. The zero-order valence-corrected chi connectivity index (χ0v) is 14.4. The number of nitrogens with one attached hydrogen (secondary N) is 1. The number of rotatable bonds is 1. The molecule has 1 atom stereocenters. The summed E-state index contributed by atoms with van der Waals surface area (Å²) in [5.74, 6) is -1.77. The van der Waals surface area contributed by atoms with Crippen molar-refractivity contribution in [3.05, 3.63) is 40.7 Å². The van der Waals surface area contributed by atoms with Gasteiger partial charge >= 0.3 is 0 Å². The largest absolute Gasteiger partial charge is 0.507 e. The Kier molecular flexibility index (Phi) is 4.13. The van der Waals surface area contributed by atoms with Crippen LogP contribution in [0.1, 0.15) is 10.4 Å². The van der Waals surface area contributed by atoms with Gasteiger partial charge in [0.2, 0.25) is 0 Å². The zero-order chi connectivity index (χ0) is 18.4. The van der Waals surface area contributed by atoms with Crippen molar-refractivity contribution < 1.29 is 24.1 Å². The van der Waals surface area contributed by atoms with Gasteiger partial charge in [0.1, 0.15) is 29.5 Å². The molecule has 2 aliphatic heterocycles. The first-order valence-electron chi connectivity index (χ1n) is 8.17. The van der Waals surface area contributed by atoms with E-state index < -0.39 is 5.82 Å². The summed E-state index contributed by atoms with van der Waals surface area (Å²) in [6, 6.07) is 4.84. The van der Waals surface area contributed by atoms with Crippen LogP contribution in [0.5, 0.6) is 17.2 Å². The van der Waals surface area contributed by atoms with Gasteiger partial charge in [-0.2, -0.15) is 0 Å². The Balaban J connectivity index is 1.90. The molecule has 2 aromatic rings. The molecule has 1 unspecified atom stereocenters. The van der Waals surface area contributed by atoms with Gasteiger partial charge in [0.05, 0.1) is 16.6 Å². The molecular formula is C18H16ClFN2O4. The molecule has 2 aromatic carbocycles. The van der Waals surface area contributed by atoms with Crippen LogP contribution in [-0.2, 0) is 0 Å². The third kappa shape index (κ3) is 2.55. The molecule has 0 aliphatic carbocycles. The summed E-state index contributed by atoms with van der Waals surface area (Å²) in [5, 5.41) is 23.7. The molecular weight excluding hydrogens is 363 g/mol. The quantitative estimate of drug-likeness (QED) is 0.709. The van der Waals surface area contributed by atoms with Crippen LogP contribution < -0.4 is 10.1 Å². The lowest BCUT2D eigenvalue weighted by Gasteiger charge is -2.33. The Hall–Kier alpha value is -2.51. The highest BCUT2D eigenvalue weighted by molar-refractivity contribution is 6.36. The first-order chi connectivity index (χ1) is 12.5. The van der Waals surface area contributed by atoms with E-state index in [9.17, 15) is 19.4 Å².